The molecular weight excluding hydrogens is 200 g/mol. The standard InChI is InChI=1S/C13H14N2O/c1-9-12(13(16)15-7-4-8-15)10-5-2-3-6-11(10)14-9/h2-3,5-6,14H,4,7-8H2,1H3. The summed E-state index contributed by atoms with van der Waals surface area (Å²) < 4.78 is 0. The van der Waals surface area contributed by atoms with Crippen molar-refractivity contribution in [2.75, 3.05) is 13.1 Å². The summed E-state index contributed by atoms with van der Waals surface area (Å²) in [5.74, 6) is 0.168. The molecule has 1 amide bonds. The number of amides is 1. The van der Waals surface area contributed by atoms with E-state index in [1.165, 1.54) is 0 Å². The van der Waals surface area contributed by atoms with E-state index in [4.69, 9.17) is 0 Å². The lowest BCUT2D eigenvalue weighted by atomic mass is 10.1. The number of likely N-dealkylation sites (tertiary alicyclic amines) is 1. The molecule has 1 aromatic heterocycles. The van der Waals surface area contributed by atoms with Gasteiger partial charge in [0.05, 0.1) is 5.56 Å². The van der Waals surface area contributed by atoms with Crippen molar-refractivity contribution in [2.45, 2.75) is 13.3 Å². The fourth-order valence-corrected chi connectivity index (χ4v) is 2.23. The minimum absolute atomic E-state index is 0.168. The molecule has 3 nitrogen and oxygen atoms in total. The van der Waals surface area contributed by atoms with E-state index in [1.54, 1.807) is 0 Å². The zero-order chi connectivity index (χ0) is 11.1. The van der Waals surface area contributed by atoms with E-state index < -0.39 is 0 Å². The molecule has 82 valence electrons. The van der Waals surface area contributed by atoms with Gasteiger partial charge in [-0.05, 0) is 19.4 Å². The topological polar surface area (TPSA) is 36.1 Å². The monoisotopic (exact) mass is 214 g/mol. The predicted molar refractivity (Wildman–Crippen MR) is 63.6 cm³/mol. The SMILES string of the molecule is Cc1[nH]c2ccccc2c1C(=O)N1CCC1. The summed E-state index contributed by atoms with van der Waals surface area (Å²) >= 11 is 0. The summed E-state index contributed by atoms with van der Waals surface area (Å²) in [7, 11) is 0. The summed E-state index contributed by atoms with van der Waals surface area (Å²) in [6.07, 6.45) is 1.13. The second-order valence-electron chi connectivity index (χ2n) is 4.32. The van der Waals surface area contributed by atoms with Crippen molar-refractivity contribution in [1.29, 1.82) is 0 Å². The summed E-state index contributed by atoms with van der Waals surface area (Å²) in [6.45, 7) is 3.77. The summed E-state index contributed by atoms with van der Waals surface area (Å²) in [6, 6.07) is 7.97. The average Bonchev–Trinajstić information content (AvgIpc) is 2.50. The van der Waals surface area contributed by atoms with Crippen LogP contribution in [0.15, 0.2) is 24.3 Å². The van der Waals surface area contributed by atoms with Gasteiger partial charge in [-0.3, -0.25) is 4.79 Å². The number of para-hydroxylation sites is 1. The van der Waals surface area contributed by atoms with Crippen molar-refractivity contribution >= 4 is 16.8 Å². The zero-order valence-electron chi connectivity index (χ0n) is 9.29. The zero-order valence-corrected chi connectivity index (χ0v) is 9.29. The van der Waals surface area contributed by atoms with Gasteiger partial charge >= 0.3 is 0 Å². The lowest BCUT2D eigenvalue weighted by Gasteiger charge is -2.31. The summed E-state index contributed by atoms with van der Waals surface area (Å²) in [5.41, 5.74) is 2.86. The second-order valence-corrected chi connectivity index (χ2v) is 4.32. The number of H-pyrrole nitrogens is 1. The van der Waals surface area contributed by atoms with E-state index in [1.807, 2.05) is 36.1 Å². The molecule has 1 aliphatic heterocycles. The van der Waals surface area contributed by atoms with Gasteiger partial charge in [-0.15, -0.1) is 0 Å². The van der Waals surface area contributed by atoms with Crippen LogP contribution in [0.3, 0.4) is 0 Å². The number of aromatic amines is 1. The molecule has 16 heavy (non-hydrogen) atoms. The molecule has 1 aliphatic rings. The van der Waals surface area contributed by atoms with Crippen LogP contribution in [0.5, 0.6) is 0 Å². The lowest BCUT2D eigenvalue weighted by molar-refractivity contribution is 0.0653. The molecule has 0 unspecified atom stereocenters. The molecule has 2 aromatic rings. The molecule has 1 N–H and O–H groups in total. The van der Waals surface area contributed by atoms with Crippen LogP contribution >= 0.6 is 0 Å². The molecule has 0 atom stereocenters. The quantitative estimate of drug-likeness (QED) is 0.777. The molecule has 1 aromatic carbocycles. The highest BCUT2D eigenvalue weighted by atomic mass is 16.2. The molecule has 0 radical (unpaired) electrons. The van der Waals surface area contributed by atoms with E-state index in [2.05, 4.69) is 4.98 Å². The maximum absolute atomic E-state index is 12.2. The van der Waals surface area contributed by atoms with Gasteiger partial charge in [0.2, 0.25) is 0 Å². The number of nitrogens with one attached hydrogen (secondary N) is 1. The first-order valence-corrected chi connectivity index (χ1v) is 5.64. The Balaban J connectivity index is 2.14. The van der Waals surface area contributed by atoms with E-state index in [0.717, 1.165) is 41.7 Å². The third kappa shape index (κ3) is 1.24. The number of aryl methyl sites for hydroxylation is 1. The van der Waals surface area contributed by atoms with Gasteiger partial charge in [0, 0.05) is 29.7 Å². The number of benzene rings is 1. The number of hydrogen-bond acceptors (Lipinski definition) is 1. The maximum Gasteiger partial charge on any atom is 0.256 e. The molecule has 3 heteroatoms. The van der Waals surface area contributed by atoms with Crippen LogP contribution in [0, 0.1) is 6.92 Å². The van der Waals surface area contributed by atoms with Crippen LogP contribution in [-0.2, 0) is 0 Å². The third-order valence-corrected chi connectivity index (χ3v) is 3.25. The van der Waals surface area contributed by atoms with Crippen LogP contribution in [0.2, 0.25) is 0 Å². The van der Waals surface area contributed by atoms with E-state index in [-0.39, 0.29) is 5.91 Å². The first kappa shape index (κ1) is 9.46. The number of carbonyl (C=O) groups excluding carboxylic acids is 1. The van der Waals surface area contributed by atoms with Crippen molar-refractivity contribution in [3.8, 4) is 0 Å². The smallest absolute Gasteiger partial charge is 0.256 e. The number of fused-ring (bicyclic) bond motifs is 1. The molecule has 0 aliphatic carbocycles. The highest BCUT2D eigenvalue weighted by Gasteiger charge is 2.25. The minimum atomic E-state index is 0.168. The van der Waals surface area contributed by atoms with Crippen LogP contribution in [0.4, 0.5) is 0 Å². The van der Waals surface area contributed by atoms with Crippen molar-refractivity contribution < 1.29 is 4.79 Å². The molecule has 0 saturated carbocycles. The summed E-state index contributed by atoms with van der Waals surface area (Å²) in [4.78, 5) is 17.4. The Bertz CT molecular complexity index is 552. The van der Waals surface area contributed by atoms with Crippen molar-refractivity contribution in [3.05, 3.63) is 35.5 Å². The van der Waals surface area contributed by atoms with E-state index >= 15 is 0 Å². The van der Waals surface area contributed by atoms with Gasteiger partial charge in [0.15, 0.2) is 0 Å². The molecule has 3 rings (SSSR count). The van der Waals surface area contributed by atoms with Gasteiger partial charge in [0.1, 0.15) is 0 Å². The predicted octanol–water partition coefficient (Wildman–Crippen LogP) is 2.32. The Hall–Kier alpha value is -1.77. The Labute approximate surface area is 94.1 Å². The molecule has 1 saturated heterocycles. The largest absolute Gasteiger partial charge is 0.358 e. The first-order chi connectivity index (χ1) is 7.77. The normalized spacial score (nSPS) is 15.2. The molecule has 1 fully saturated rings. The average molecular weight is 214 g/mol. The van der Waals surface area contributed by atoms with Crippen molar-refractivity contribution in [2.24, 2.45) is 0 Å². The third-order valence-electron chi connectivity index (χ3n) is 3.25. The second kappa shape index (κ2) is 3.37. The van der Waals surface area contributed by atoms with Crippen molar-refractivity contribution in [3.63, 3.8) is 0 Å². The number of nitrogens with zero attached hydrogens (tertiary/aromatic N) is 1. The van der Waals surface area contributed by atoms with Crippen molar-refractivity contribution in [1.82, 2.24) is 9.88 Å². The summed E-state index contributed by atoms with van der Waals surface area (Å²) in [5, 5.41) is 1.04. The highest BCUT2D eigenvalue weighted by molar-refractivity contribution is 6.08. The molecule has 0 bridgehead atoms. The van der Waals surface area contributed by atoms with Crippen LogP contribution in [0.1, 0.15) is 22.5 Å². The fraction of sp³-hybridized carbons (Fsp3) is 0.308. The van der Waals surface area contributed by atoms with Gasteiger partial charge in [-0.2, -0.15) is 0 Å². The Kier molecular flexibility index (Phi) is 1.99. The highest BCUT2D eigenvalue weighted by Crippen LogP contribution is 2.24. The van der Waals surface area contributed by atoms with Gasteiger partial charge in [-0.1, -0.05) is 18.2 Å². The van der Waals surface area contributed by atoms with Gasteiger partial charge in [0.25, 0.3) is 5.91 Å². The molecule has 2 heterocycles. The number of aromatic nitrogens is 1. The molecular formula is C13H14N2O. The van der Waals surface area contributed by atoms with Crippen LogP contribution < -0.4 is 0 Å². The Morgan fingerprint density at radius 3 is 2.75 bits per heavy atom. The van der Waals surface area contributed by atoms with Crippen LogP contribution in [0.25, 0.3) is 10.9 Å². The van der Waals surface area contributed by atoms with Gasteiger partial charge in [-0.25, -0.2) is 0 Å². The van der Waals surface area contributed by atoms with Crippen LogP contribution in [-0.4, -0.2) is 28.9 Å². The Morgan fingerprint density at radius 1 is 1.31 bits per heavy atom. The fourth-order valence-electron chi connectivity index (χ4n) is 2.23. The Morgan fingerprint density at radius 2 is 2.06 bits per heavy atom. The molecule has 0 spiro atoms. The van der Waals surface area contributed by atoms with Gasteiger partial charge < -0.3 is 9.88 Å². The van der Waals surface area contributed by atoms with E-state index in [0.29, 0.717) is 0 Å². The van der Waals surface area contributed by atoms with E-state index in [9.17, 15) is 4.79 Å². The number of carbonyl (C=O) groups is 1. The lowest BCUT2D eigenvalue weighted by Crippen LogP contribution is -2.42. The minimum Gasteiger partial charge on any atom is -0.358 e. The number of rotatable bonds is 1. The first-order valence-electron chi connectivity index (χ1n) is 5.64. The number of hydrogen-bond donors (Lipinski definition) is 1. The maximum atomic E-state index is 12.2.